The molecule has 1 N–H and O–H groups in total. The van der Waals surface area contributed by atoms with Crippen molar-refractivity contribution in [3.05, 3.63) is 41.2 Å². The van der Waals surface area contributed by atoms with Crippen LogP contribution < -0.4 is 14.8 Å². The van der Waals surface area contributed by atoms with Gasteiger partial charge in [0, 0.05) is 13.0 Å². The van der Waals surface area contributed by atoms with Gasteiger partial charge in [-0.1, -0.05) is 12.1 Å². The summed E-state index contributed by atoms with van der Waals surface area (Å²) in [7, 11) is 3.64. The molecule has 5 nitrogen and oxygen atoms in total. The first-order valence-corrected chi connectivity index (χ1v) is 7.31. The summed E-state index contributed by atoms with van der Waals surface area (Å²) < 4.78 is 13.0. The van der Waals surface area contributed by atoms with Crippen LogP contribution in [0.3, 0.4) is 0 Å². The maximum absolute atomic E-state index is 5.58. The highest BCUT2D eigenvalue weighted by atomic mass is 16.5. The van der Waals surface area contributed by atoms with E-state index in [1.807, 2.05) is 11.7 Å². The van der Waals surface area contributed by atoms with Crippen LogP contribution in [0.25, 0.3) is 0 Å². The fourth-order valence-electron chi connectivity index (χ4n) is 2.93. The average molecular weight is 287 g/mol. The number of fused-ring (bicyclic) bond motifs is 1. The summed E-state index contributed by atoms with van der Waals surface area (Å²) in [5.74, 6) is 1.82. The molecule has 0 spiro atoms. The average Bonchev–Trinajstić information content (AvgIpc) is 3.13. The minimum Gasteiger partial charge on any atom is -0.493 e. The molecule has 3 rings (SSSR count). The molecule has 0 amide bonds. The van der Waals surface area contributed by atoms with E-state index in [1.54, 1.807) is 13.3 Å². The standard InChI is InChI=1S/C16H21N3O2/c1-4-19-16(14(20-3)10-18-19)15(17-2)12-5-6-13-11(9-12)7-8-21-13/h5-6,9-10,15,17H,4,7-8H2,1-3H3. The topological polar surface area (TPSA) is 48.3 Å². The SMILES string of the molecule is CCn1ncc(OC)c1C(NC)c1ccc2c(c1)CCO2. The van der Waals surface area contributed by atoms with Crippen molar-refractivity contribution in [2.24, 2.45) is 0 Å². The molecule has 0 saturated heterocycles. The van der Waals surface area contributed by atoms with Crippen molar-refractivity contribution in [1.29, 1.82) is 0 Å². The lowest BCUT2D eigenvalue weighted by Crippen LogP contribution is -2.22. The predicted octanol–water partition coefficient (Wildman–Crippen LogP) is 2.16. The first-order valence-electron chi connectivity index (χ1n) is 7.31. The van der Waals surface area contributed by atoms with Gasteiger partial charge >= 0.3 is 0 Å². The van der Waals surface area contributed by atoms with Crippen LogP contribution in [0.1, 0.15) is 29.8 Å². The second-order valence-electron chi connectivity index (χ2n) is 5.10. The van der Waals surface area contributed by atoms with E-state index >= 15 is 0 Å². The Morgan fingerprint density at radius 1 is 1.48 bits per heavy atom. The van der Waals surface area contributed by atoms with E-state index in [4.69, 9.17) is 9.47 Å². The Kier molecular flexibility index (Phi) is 3.84. The van der Waals surface area contributed by atoms with Gasteiger partial charge in [0.2, 0.25) is 0 Å². The van der Waals surface area contributed by atoms with Gasteiger partial charge in [-0.2, -0.15) is 5.10 Å². The summed E-state index contributed by atoms with van der Waals surface area (Å²) in [6.45, 7) is 3.67. The van der Waals surface area contributed by atoms with Crippen molar-refractivity contribution in [3.8, 4) is 11.5 Å². The van der Waals surface area contributed by atoms with Gasteiger partial charge in [-0.25, -0.2) is 0 Å². The molecule has 1 aliphatic rings. The zero-order valence-corrected chi connectivity index (χ0v) is 12.7. The van der Waals surface area contributed by atoms with Gasteiger partial charge in [0.1, 0.15) is 11.4 Å². The van der Waals surface area contributed by atoms with Crippen LogP contribution in [0.4, 0.5) is 0 Å². The van der Waals surface area contributed by atoms with Crippen molar-refractivity contribution in [3.63, 3.8) is 0 Å². The summed E-state index contributed by atoms with van der Waals surface area (Å²) in [5, 5.41) is 7.78. The summed E-state index contributed by atoms with van der Waals surface area (Å²) in [4.78, 5) is 0. The number of methoxy groups -OCH3 is 1. The molecule has 0 radical (unpaired) electrons. The molecule has 0 fully saturated rings. The Morgan fingerprint density at radius 2 is 2.33 bits per heavy atom. The third-order valence-corrected chi connectivity index (χ3v) is 3.97. The van der Waals surface area contributed by atoms with Crippen LogP contribution in [-0.4, -0.2) is 30.5 Å². The number of nitrogens with zero attached hydrogens (tertiary/aromatic N) is 2. The van der Waals surface area contributed by atoms with Crippen molar-refractivity contribution in [2.75, 3.05) is 20.8 Å². The number of aromatic nitrogens is 2. The molecule has 112 valence electrons. The zero-order valence-electron chi connectivity index (χ0n) is 12.7. The monoisotopic (exact) mass is 287 g/mol. The van der Waals surface area contributed by atoms with E-state index < -0.39 is 0 Å². The number of ether oxygens (including phenoxy) is 2. The largest absolute Gasteiger partial charge is 0.493 e. The summed E-state index contributed by atoms with van der Waals surface area (Å²) >= 11 is 0. The fourth-order valence-corrected chi connectivity index (χ4v) is 2.93. The van der Waals surface area contributed by atoms with Crippen LogP contribution in [0.2, 0.25) is 0 Å². The van der Waals surface area contributed by atoms with Crippen molar-refractivity contribution >= 4 is 0 Å². The third kappa shape index (κ3) is 2.38. The number of hydrogen-bond donors (Lipinski definition) is 1. The van der Waals surface area contributed by atoms with E-state index in [1.165, 1.54) is 11.1 Å². The minimum atomic E-state index is 0.0494. The number of rotatable bonds is 5. The van der Waals surface area contributed by atoms with Crippen molar-refractivity contribution in [1.82, 2.24) is 15.1 Å². The van der Waals surface area contributed by atoms with Crippen LogP contribution in [0, 0.1) is 0 Å². The Labute approximate surface area is 124 Å². The molecule has 1 atom stereocenters. The fraction of sp³-hybridized carbons (Fsp3) is 0.438. The van der Waals surface area contributed by atoms with Gasteiger partial charge in [0.15, 0.2) is 5.75 Å². The molecule has 1 unspecified atom stereocenters. The second kappa shape index (κ2) is 5.77. The van der Waals surface area contributed by atoms with Gasteiger partial charge in [0.05, 0.1) is 26.0 Å². The van der Waals surface area contributed by atoms with Crippen LogP contribution in [0.5, 0.6) is 11.5 Å². The Balaban J connectivity index is 2.04. The summed E-state index contributed by atoms with van der Waals surface area (Å²) in [6, 6.07) is 6.43. The quantitative estimate of drug-likeness (QED) is 0.915. The van der Waals surface area contributed by atoms with Gasteiger partial charge in [-0.05, 0) is 31.2 Å². The van der Waals surface area contributed by atoms with E-state index in [0.29, 0.717) is 0 Å². The normalized spacial score (nSPS) is 14.6. The predicted molar refractivity (Wildman–Crippen MR) is 81.0 cm³/mol. The van der Waals surface area contributed by atoms with E-state index in [0.717, 1.165) is 36.8 Å². The number of hydrogen-bond acceptors (Lipinski definition) is 4. The highest BCUT2D eigenvalue weighted by Crippen LogP contribution is 2.33. The lowest BCUT2D eigenvalue weighted by Gasteiger charge is -2.20. The molecule has 1 aromatic heterocycles. The van der Waals surface area contributed by atoms with Gasteiger partial charge in [0.25, 0.3) is 0 Å². The van der Waals surface area contributed by atoms with Crippen LogP contribution in [-0.2, 0) is 13.0 Å². The smallest absolute Gasteiger partial charge is 0.161 e. The summed E-state index contributed by atoms with van der Waals surface area (Å²) in [5.41, 5.74) is 3.53. The zero-order chi connectivity index (χ0) is 14.8. The maximum Gasteiger partial charge on any atom is 0.161 e. The first kappa shape index (κ1) is 13.9. The van der Waals surface area contributed by atoms with E-state index in [-0.39, 0.29) is 6.04 Å². The molecular weight excluding hydrogens is 266 g/mol. The maximum atomic E-state index is 5.58. The van der Waals surface area contributed by atoms with Gasteiger partial charge < -0.3 is 14.8 Å². The number of aryl methyl sites for hydroxylation is 1. The Morgan fingerprint density at radius 3 is 3.05 bits per heavy atom. The van der Waals surface area contributed by atoms with Crippen LogP contribution >= 0.6 is 0 Å². The van der Waals surface area contributed by atoms with Crippen molar-refractivity contribution < 1.29 is 9.47 Å². The second-order valence-corrected chi connectivity index (χ2v) is 5.10. The molecule has 1 aromatic carbocycles. The number of benzene rings is 1. The molecule has 0 bridgehead atoms. The highest BCUT2D eigenvalue weighted by Gasteiger charge is 2.23. The van der Waals surface area contributed by atoms with E-state index in [9.17, 15) is 0 Å². The molecule has 0 aliphatic carbocycles. The Hall–Kier alpha value is -2.01. The highest BCUT2D eigenvalue weighted by molar-refractivity contribution is 5.44. The summed E-state index contributed by atoms with van der Waals surface area (Å²) in [6.07, 6.45) is 2.75. The van der Waals surface area contributed by atoms with Gasteiger partial charge in [-0.3, -0.25) is 4.68 Å². The van der Waals surface area contributed by atoms with E-state index in [2.05, 4.69) is 35.5 Å². The molecule has 1 aliphatic heterocycles. The third-order valence-electron chi connectivity index (χ3n) is 3.97. The lowest BCUT2D eigenvalue weighted by molar-refractivity contribution is 0.356. The minimum absolute atomic E-state index is 0.0494. The molecule has 21 heavy (non-hydrogen) atoms. The first-order chi connectivity index (χ1) is 10.3. The molecular formula is C16H21N3O2. The van der Waals surface area contributed by atoms with Crippen molar-refractivity contribution in [2.45, 2.75) is 25.9 Å². The molecule has 2 heterocycles. The Bertz CT molecular complexity index is 615. The van der Waals surface area contributed by atoms with Crippen LogP contribution in [0.15, 0.2) is 24.4 Å². The lowest BCUT2D eigenvalue weighted by atomic mass is 9.99. The van der Waals surface area contributed by atoms with Gasteiger partial charge in [-0.15, -0.1) is 0 Å². The molecule has 0 saturated carbocycles. The molecule has 5 heteroatoms. The molecule has 2 aromatic rings. The number of nitrogens with one attached hydrogen (secondary N) is 1.